The van der Waals surface area contributed by atoms with E-state index < -0.39 is 45.9 Å². The van der Waals surface area contributed by atoms with E-state index in [2.05, 4.69) is 4.74 Å². The summed E-state index contributed by atoms with van der Waals surface area (Å²) in [7, 11) is -6.15. The van der Waals surface area contributed by atoms with Crippen molar-refractivity contribution < 1.29 is 70.4 Å². The van der Waals surface area contributed by atoms with Gasteiger partial charge in [0.2, 0.25) is 0 Å². The van der Waals surface area contributed by atoms with Gasteiger partial charge in [-0.1, -0.05) is 0 Å². The molecular weight excluding hydrogens is 385 g/mol. The van der Waals surface area contributed by atoms with Crippen molar-refractivity contribution in [3.63, 3.8) is 0 Å². The number of halogens is 2. The molecular formula is C15H19F2NaO7S. The Balaban J connectivity index is 0.00000243. The minimum Gasteiger partial charge on any atom is -0.743 e. The van der Waals surface area contributed by atoms with E-state index in [4.69, 9.17) is 4.74 Å². The number of carbonyl (C=O) groups is 2. The van der Waals surface area contributed by atoms with Crippen LogP contribution in [0.5, 0.6) is 0 Å². The number of rotatable bonds is 6. The summed E-state index contributed by atoms with van der Waals surface area (Å²) in [5.74, 6) is -1.30. The zero-order valence-corrected chi connectivity index (χ0v) is 17.2. The number of carbonyl (C=O) groups excluding carboxylic acids is 2. The van der Waals surface area contributed by atoms with Crippen LogP contribution in [0.2, 0.25) is 0 Å². The van der Waals surface area contributed by atoms with Crippen molar-refractivity contribution in [2.45, 2.75) is 43.8 Å². The van der Waals surface area contributed by atoms with E-state index in [0.29, 0.717) is 17.8 Å². The van der Waals surface area contributed by atoms with E-state index in [1.54, 1.807) is 0 Å². The maximum Gasteiger partial charge on any atom is 1.00 e. The van der Waals surface area contributed by atoms with Crippen LogP contribution < -0.4 is 29.6 Å². The molecule has 4 aliphatic rings. The van der Waals surface area contributed by atoms with Crippen molar-refractivity contribution in [3.05, 3.63) is 0 Å². The molecule has 4 saturated carbocycles. The minimum absolute atomic E-state index is 0. The summed E-state index contributed by atoms with van der Waals surface area (Å²) < 4.78 is 65.9. The first-order valence-corrected chi connectivity index (χ1v) is 9.62. The number of alkyl halides is 2. The van der Waals surface area contributed by atoms with Crippen LogP contribution in [-0.2, 0) is 29.2 Å². The fourth-order valence-electron chi connectivity index (χ4n) is 4.97. The monoisotopic (exact) mass is 404 g/mol. The molecule has 0 N–H and O–H groups in total. The van der Waals surface area contributed by atoms with Crippen molar-refractivity contribution in [2.75, 3.05) is 13.2 Å². The van der Waals surface area contributed by atoms with E-state index in [9.17, 15) is 31.3 Å². The zero-order valence-electron chi connectivity index (χ0n) is 14.4. The summed E-state index contributed by atoms with van der Waals surface area (Å²) in [6.07, 6.45) is 5.73. The number of esters is 2. The summed E-state index contributed by atoms with van der Waals surface area (Å²) in [5, 5.41) is -5.16. The summed E-state index contributed by atoms with van der Waals surface area (Å²) in [6, 6.07) is 0. The molecule has 0 amide bonds. The molecule has 0 unspecified atom stereocenters. The molecule has 4 bridgehead atoms. The Hall–Kier alpha value is -0.290. The predicted molar refractivity (Wildman–Crippen MR) is 77.2 cm³/mol. The molecule has 0 aliphatic heterocycles. The van der Waals surface area contributed by atoms with Gasteiger partial charge in [-0.2, -0.15) is 8.78 Å². The van der Waals surface area contributed by atoms with Crippen molar-refractivity contribution in [1.29, 1.82) is 0 Å². The van der Waals surface area contributed by atoms with Crippen LogP contribution in [0.15, 0.2) is 0 Å². The van der Waals surface area contributed by atoms with Gasteiger partial charge in [-0.05, 0) is 56.3 Å². The first-order chi connectivity index (χ1) is 11.5. The Labute approximate surface area is 172 Å². The number of hydrogen-bond donors (Lipinski definition) is 0. The van der Waals surface area contributed by atoms with Gasteiger partial charge in [0, 0.05) is 0 Å². The second kappa shape index (κ2) is 7.62. The van der Waals surface area contributed by atoms with E-state index in [1.165, 1.54) is 0 Å². The summed E-state index contributed by atoms with van der Waals surface area (Å²) in [6.45, 7) is -1.19. The maximum atomic E-state index is 12.9. The van der Waals surface area contributed by atoms with Gasteiger partial charge in [0.1, 0.15) is 13.2 Å². The topological polar surface area (TPSA) is 110 Å². The van der Waals surface area contributed by atoms with Crippen LogP contribution in [0.3, 0.4) is 0 Å². The third-order valence-corrected chi connectivity index (χ3v) is 6.37. The molecule has 0 saturated heterocycles. The average molecular weight is 404 g/mol. The molecule has 142 valence electrons. The quantitative estimate of drug-likeness (QED) is 0.228. The molecule has 0 radical (unpaired) electrons. The van der Waals surface area contributed by atoms with Gasteiger partial charge >= 0.3 is 46.8 Å². The molecule has 0 heterocycles. The van der Waals surface area contributed by atoms with Gasteiger partial charge in [0.05, 0.1) is 5.41 Å². The van der Waals surface area contributed by atoms with Crippen molar-refractivity contribution >= 4 is 22.1 Å². The van der Waals surface area contributed by atoms with Crippen molar-refractivity contribution in [2.24, 2.45) is 23.2 Å². The molecule has 4 aliphatic carbocycles. The van der Waals surface area contributed by atoms with Crippen LogP contribution in [0, 0.1) is 23.2 Å². The molecule has 0 aromatic carbocycles. The Morgan fingerprint density at radius 3 is 1.85 bits per heavy atom. The Kier molecular flexibility index (Phi) is 6.44. The Bertz CT molecular complexity index is 644. The number of ether oxygens (including phenoxy) is 2. The van der Waals surface area contributed by atoms with Gasteiger partial charge in [0.25, 0.3) is 0 Å². The van der Waals surface area contributed by atoms with E-state index in [-0.39, 0.29) is 29.6 Å². The minimum atomic E-state index is -6.15. The third-order valence-electron chi connectivity index (χ3n) is 5.57. The first-order valence-electron chi connectivity index (χ1n) is 8.21. The molecule has 4 fully saturated rings. The van der Waals surface area contributed by atoms with Gasteiger partial charge in [0.15, 0.2) is 10.1 Å². The molecule has 11 heteroatoms. The normalized spacial score (nSPS) is 32.7. The molecule has 7 nitrogen and oxygen atoms in total. The van der Waals surface area contributed by atoms with Crippen molar-refractivity contribution in [3.8, 4) is 0 Å². The summed E-state index contributed by atoms with van der Waals surface area (Å²) >= 11 is 0. The SMILES string of the molecule is O=C(OCCOC(=O)C(F)(F)S(=O)(=O)[O-])C12CC3CC(CC(C3)C1)C2.[Na+]. The largest absolute Gasteiger partial charge is 1.00 e. The second-order valence-electron chi connectivity index (χ2n) is 7.44. The molecule has 0 atom stereocenters. The van der Waals surface area contributed by atoms with Crippen LogP contribution in [0.25, 0.3) is 0 Å². The van der Waals surface area contributed by atoms with Gasteiger partial charge in [-0.15, -0.1) is 0 Å². The van der Waals surface area contributed by atoms with E-state index in [0.717, 1.165) is 38.5 Å². The molecule has 0 aromatic heterocycles. The summed E-state index contributed by atoms with van der Waals surface area (Å²) in [4.78, 5) is 23.4. The van der Waals surface area contributed by atoms with E-state index in [1.807, 2.05) is 0 Å². The molecule has 4 rings (SSSR count). The zero-order chi connectivity index (χ0) is 18.5. The molecule has 0 spiro atoms. The van der Waals surface area contributed by atoms with Crippen molar-refractivity contribution in [1.82, 2.24) is 0 Å². The number of hydrogen-bond acceptors (Lipinski definition) is 7. The van der Waals surface area contributed by atoms with Crippen LogP contribution >= 0.6 is 0 Å². The van der Waals surface area contributed by atoms with Gasteiger partial charge < -0.3 is 14.0 Å². The smallest absolute Gasteiger partial charge is 0.743 e. The Morgan fingerprint density at radius 1 is 1.00 bits per heavy atom. The fraction of sp³-hybridized carbons (Fsp3) is 0.867. The molecule has 26 heavy (non-hydrogen) atoms. The predicted octanol–water partition coefficient (Wildman–Crippen LogP) is -1.57. The molecule has 0 aromatic rings. The fourth-order valence-corrected chi connectivity index (χ4v) is 5.23. The standard InChI is InChI=1S/C15H20F2O7S.Na/c16-15(17,25(20,21)22)13(19)24-2-1-23-12(18)14-6-9-3-10(7-14)5-11(4-9)8-14;/h9-11H,1-8H2,(H,20,21,22);/q;+1/p-1. The average Bonchev–Trinajstić information content (AvgIpc) is 2.48. The third kappa shape index (κ3) is 4.09. The van der Waals surface area contributed by atoms with Crippen LogP contribution in [0.1, 0.15) is 38.5 Å². The maximum absolute atomic E-state index is 12.9. The second-order valence-corrected chi connectivity index (χ2v) is 8.86. The van der Waals surface area contributed by atoms with E-state index >= 15 is 0 Å². The Morgan fingerprint density at radius 2 is 1.42 bits per heavy atom. The van der Waals surface area contributed by atoms with Gasteiger partial charge in [-0.3, -0.25) is 4.79 Å². The van der Waals surface area contributed by atoms with Crippen LogP contribution in [0.4, 0.5) is 8.78 Å². The van der Waals surface area contributed by atoms with Gasteiger partial charge in [-0.25, -0.2) is 13.2 Å². The summed E-state index contributed by atoms with van der Waals surface area (Å²) in [5.41, 5.74) is -0.527. The van der Waals surface area contributed by atoms with Crippen LogP contribution in [-0.4, -0.2) is 43.4 Å². The first kappa shape index (κ1) is 22.0.